The van der Waals surface area contributed by atoms with Crippen molar-refractivity contribution in [1.82, 2.24) is 20.4 Å². The summed E-state index contributed by atoms with van der Waals surface area (Å²) in [4.78, 5) is 4.62. The van der Waals surface area contributed by atoms with E-state index in [2.05, 4.69) is 27.6 Å². The summed E-state index contributed by atoms with van der Waals surface area (Å²) in [7, 11) is 1.92. The summed E-state index contributed by atoms with van der Waals surface area (Å²) in [5, 5.41) is 10.8. The molecule has 1 aromatic heterocycles. The molecule has 0 fully saturated rings. The molecule has 0 saturated heterocycles. The second-order valence-electron chi connectivity index (χ2n) is 5.58. The van der Waals surface area contributed by atoms with E-state index in [1.165, 1.54) is 5.56 Å². The highest BCUT2D eigenvalue weighted by atomic mass is 127. The van der Waals surface area contributed by atoms with Crippen LogP contribution in [0.3, 0.4) is 0 Å². The lowest BCUT2D eigenvalue weighted by Crippen LogP contribution is -2.38. The number of guanidine groups is 1. The number of rotatable bonds is 6. The first-order valence-electron chi connectivity index (χ1n) is 8.13. The van der Waals surface area contributed by atoms with E-state index in [0.717, 1.165) is 42.5 Å². The van der Waals surface area contributed by atoms with E-state index in [-0.39, 0.29) is 24.0 Å². The van der Waals surface area contributed by atoms with Crippen LogP contribution in [0.25, 0.3) is 0 Å². The average molecular weight is 457 g/mol. The number of ether oxygens (including phenoxy) is 2. The molecule has 0 bridgehead atoms. The topological polar surface area (TPSA) is 72.7 Å². The highest BCUT2D eigenvalue weighted by Gasteiger charge is 2.12. The van der Waals surface area contributed by atoms with E-state index in [4.69, 9.17) is 9.47 Å². The fourth-order valence-corrected chi connectivity index (χ4v) is 2.48. The van der Waals surface area contributed by atoms with Gasteiger partial charge in [0.15, 0.2) is 17.5 Å². The number of nitrogens with zero attached hydrogens (tertiary/aromatic N) is 3. The Morgan fingerprint density at radius 3 is 2.84 bits per heavy atom. The van der Waals surface area contributed by atoms with Gasteiger partial charge >= 0.3 is 0 Å². The van der Waals surface area contributed by atoms with Crippen LogP contribution in [0.2, 0.25) is 0 Å². The maximum absolute atomic E-state index is 5.40. The fourth-order valence-electron chi connectivity index (χ4n) is 2.48. The zero-order valence-electron chi connectivity index (χ0n) is 14.5. The Hall–Kier alpha value is -1.97. The van der Waals surface area contributed by atoms with Gasteiger partial charge in [-0.25, -0.2) is 4.99 Å². The Labute approximate surface area is 164 Å². The molecular formula is C17H24IN5O2. The van der Waals surface area contributed by atoms with Crippen LogP contribution in [0.1, 0.15) is 18.1 Å². The van der Waals surface area contributed by atoms with Crippen molar-refractivity contribution in [1.29, 1.82) is 0 Å². The number of aliphatic imine (C=N–C) groups is 1. The molecule has 1 aliphatic rings. The second-order valence-corrected chi connectivity index (χ2v) is 5.58. The van der Waals surface area contributed by atoms with Crippen LogP contribution in [0.4, 0.5) is 0 Å². The van der Waals surface area contributed by atoms with E-state index < -0.39 is 0 Å². The van der Waals surface area contributed by atoms with Crippen molar-refractivity contribution in [3.8, 4) is 11.5 Å². The van der Waals surface area contributed by atoms with Gasteiger partial charge in [0, 0.05) is 26.3 Å². The molecule has 2 aromatic rings. The molecule has 7 nitrogen and oxygen atoms in total. The van der Waals surface area contributed by atoms with Gasteiger partial charge in [0.05, 0.1) is 12.7 Å². The summed E-state index contributed by atoms with van der Waals surface area (Å²) < 4.78 is 12.5. The van der Waals surface area contributed by atoms with Crippen molar-refractivity contribution in [2.75, 3.05) is 19.9 Å². The molecule has 2 N–H and O–H groups in total. The fraction of sp³-hybridized carbons (Fsp3) is 0.412. The van der Waals surface area contributed by atoms with Crippen molar-refractivity contribution >= 4 is 29.9 Å². The highest BCUT2D eigenvalue weighted by Crippen LogP contribution is 2.32. The zero-order chi connectivity index (χ0) is 16.8. The molecule has 0 spiro atoms. The van der Waals surface area contributed by atoms with Crippen molar-refractivity contribution in [2.24, 2.45) is 12.0 Å². The molecule has 0 radical (unpaired) electrons. The zero-order valence-corrected chi connectivity index (χ0v) is 16.8. The first-order chi connectivity index (χ1) is 11.7. The van der Waals surface area contributed by atoms with Gasteiger partial charge < -0.3 is 20.1 Å². The second kappa shape index (κ2) is 9.50. The van der Waals surface area contributed by atoms with Crippen LogP contribution < -0.4 is 20.1 Å². The molecule has 0 saturated carbocycles. The predicted molar refractivity (Wildman–Crippen MR) is 108 cm³/mol. The van der Waals surface area contributed by atoms with Crippen LogP contribution >= 0.6 is 24.0 Å². The van der Waals surface area contributed by atoms with E-state index in [0.29, 0.717) is 13.3 Å². The minimum atomic E-state index is 0. The number of fused-ring (bicyclic) bond motifs is 1. The van der Waals surface area contributed by atoms with Crippen molar-refractivity contribution in [2.45, 2.75) is 19.9 Å². The monoisotopic (exact) mass is 457 g/mol. The molecule has 0 amide bonds. The third kappa shape index (κ3) is 5.52. The number of benzene rings is 1. The summed E-state index contributed by atoms with van der Waals surface area (Å²) >= 11 is 0. The maximum atomic E-state index is 5.40. The lowest BCUT2D eigenvalue weighted by atomic mass is 10.2. The number of aromatic nitrogens is 2. The van der Waals surface area contributed by atoms with Crippen LogP contribution in [0, 0.1) is 0 Å². The summed E-state index contributed by atoms with van der Waals surface area (Å²) in [6, 6.07) is 5.91. The molecule has 3 rings (SSSR count). The van der Waals surface area contributed by atoms with Crippen LogP contribution in [-0.2, 0) is 20.0 Å². The van der Waals surface area contributed by atoms with E-state index >= 15 is 0 Å². The minimum Gasteiger partial charge on any atom is -0.454 e. The molecule has 2 heterocycles. The van der Waals surface area contributed by atoms with Crippen LogP contribution in [-0.4, -0.2) is 35.6 Å². The predicted octanol–water partition coefficient (Wildman–Crippen LogP) is 2.06. The molecule has 1 aliphatic heterocycles. The first-order valence-corrected chi connectivity index (χ1v) is 8.13. The quantitative estimate of drug-likeness (QED) is 0.395. The molecule has 136 valence electrons. The number of nitrogens with one attached hydrogen (secondary N) is 2. The molecule has 1 aromatic carbocycles. The molecule has 0 unspecified atom stereocenters. The average Bonchev–Trinajstić information content (AvgIpc) is 3.20. The van der Waals surface area contributed by atoms with Gasteiger partial charge in [0.2, 0.25) is 6.79 Å². The maximum Gasteiger partial charge on any atom is 0.231 e. The number of halogens is 1. The Bertz CT molecular complexity index is 717. The number of aryl methyl sites for hydroxylation is 1. The summed E-state index contributed by atoms with van der Waals surface area (Å²) in [6.07, 6.45) is 4.82. The van der Waals surface area contributed by atoms with Gasteiger partial charge in [0.25, 0.3) is 0 Å². The summed E-state index contributed by atoms with van der Waals surface area (Å²) in [6.45, 7) is 4.55. The van der Waals surface area contributed by atoms with Gasteiger partial charge in [-0.1, -0.05) is 6.07 Å². The molecule has 25 heavy (non-hydrogen) atoms. The SMILES string of the molecule is CCNC(=NCc1ccc2c(c1)OCO2)NCCc1cnn(C)c1.I. The van der Waals surface area contributed by atoms with Gasteiger partial charge in [0.1, 0.15) is 0 Å². The minimum absolute atomic E-state index is 0. The largest absolute Gasteiger partial charge is 0.454 e. The Balaban J connectivity index is 0.00000225. The number of hydrogen-bond acceptors (Lipinski definition) is 4. The van der Waals surface area contributed by atoms with Gasteiger partial charge in [-0.05, 0) is 36.6 Å². The van der Waals surface area contributed by atoms with E-state index in [9.17, 15) is 0 Å². The lowest BCUT2D eigenvalue weighted by molar-refractivity contribution is 0.174. The molecule has 0 aliphatic carbocycles. The third-order valence-electron chi connectivity index (χ3n) is 3.67. The summed E-state index contributed by atoms with van der Waals surface area (Å²) in [5.74, 6) is 2.39. The van der Waals surface area contributed by atoms with Crippen molar-refractivity contribution in [3.63, 3.8) is 0 Å². The Kier molecular flexibility index (Phi) is 7.35. The normalized spacial score (nSPS) is 12.6. The Morgan fingerprint density at radius 1 is 1.24 bits per heavy atom. The third-order valence-corrected chi connectivity index (χ3v) is 3.67. The molecule has 0 atom stereocenters. The number of hydrogen-bond donors (Lipinski definition) is 2. The highest BCUT2D eigenvalue weighted by molar-refractivity contribution is 14.0. The van der Waals surface area contributed by atoms with Crippen molar-refractivity contribution < 1.29 is 9.47 Å². The molecular weight excluding hydrogens is 433 g/mol. The van der Waals surface area contributed by atoms with E-state index in [1.54, 1.807) is 0 Å². The van der Waals surface area contributed by atoms with Crippen LogP contribution in [0.5, 0.6) is 11.5 Å². The van der Waals surface area contributed by atoms with Gasteiger partial charge in [-0.2, -0.15) is 5.10 Å². The van der Waals surface area contributed by atoms with Gasteiger partial charge in [-0.15, -0.1) is 24.0 Å². The van der Waals surface area contributed by atoms with E-state index in [1.807, 2.05) is 42.3 Å². The van der Waals surface area contributed by atoms with Crippen molar-refractivity contribution in [3.05, 3.63) is 41.7 Å². The smallest absolute Gasteiger partial charge is 0.231 e. The summed E-state index contributed by atoms with van der Waals surface area (Å²) in [5.41, 5.74) is 2.29. The molecule has 8 heteroatoms. The lowest BCUT2D eigenvalue weighted by Gasteiger charge is -2.11. The first kappa shape index (κ1) is 19.4. The Morgan fingerprint density at radius 2 is 2.08 bits per heavy atom. The van der Waals surface area contributed by atoms with Crippen LogP contribution in [0.15, 0.2) is 35.6 Å². The standard InChI is InChI=1S/C17H23N5O2.HI/c1-3-18-17(19-7-6-14-10-21-22(2)11-14)20-9-13-4-5-15-16(8-13)24-12-23-15;/h4-5,8,10-11H,3,6-7,9,12H2,1-2H3,(H2,18,19,20);1H. The van der Waals surface area contributed by atoms with Gasteiger partial charge in [-0.3, -0.25) is 4.68 Å².